The van der Waals surface area contributed by atoms with Gasteiger partial charge < -0.3 is 10.0 Å². The number of rotatable bonds is 8. The van der Waals surface area contributed by atoms with E-state index in [9.17, 15) is 8.42 Å². The molecule has 6 heteroatoms. The number of hydrogen-bond donors (Lipinski definition) is 2. The molecular weight excluding hydrogens is 204 g/mol. The Balaban J connectivity index is 3.66. The first-order valence-electron chi connectivity index (χ1n) is 4.78. The standard InChI is InChI=1S/C8H20N2O3S/c1-3-10(2)6-5-9-14(12,13)8-4-7-11/h9,11H,3-8H2,1-2H3. The molecule has 0 aromatic heterocycles. The minimum Gasteiger partial charge on any atom is -0.396 e. The molecule has 0 heterocycles. The maximum atomic E-state index is 11.2. The van der Waals surface area contributed by atoms with E-state index in [0.717, 1.165) is 6.54 Å². The zero-order valence-electron chi connectivity index (χ0n) is 8.86. The summed E-state index contributed by atoms with van der Waals surface area (Å²) in [5.41, 5.74) is 0. The molecule has 0 amide bonds. The Morgan fingerprint density at radius 1 is 1.43 bits per heavy atom. The van der Waals surface area contributed by atoms with Crippen LogP contribution >= 0.6 is 0 Å². The van der Waals surface area contributed by atoms with Gasteiger partial charge in [0, 0.05) is 19.7 Å². The number of aliphatic hydroxyl groups is 1. The lowest BCUT2D eigenvalue weighted by molar-refractivity contribution is 0.295. The van der Waals surface area contributed by atoms with Gasteiger partial charge in [0.25, 0.3) is 0 Å². The van der Waals surface area contributed by atoms with Gasteiger partial charge in [0.05, 0.1) is 5.75 Å². The lowest BCUT2D eigenvalue weighted by atomic mass is 10.5. The van der Waals surface area contributed by atoms with Gasteiger partial charge in [-0.05, 0) is 20.0 Å². The second-order valence-electron chi connectivity index (χ2n) is 3.19. The molecule has 0 spiro atoms. The number of likely N-dealkylation sites (N-methyl/N-ethyl adjacent to an activating group) is 1. The van der Waals surface area contributed by atoms with Gasteiger partial charge in [0.1, 0.15) is 0 Å². The maximum Gasteiger partial charge on any atom is 0.211 e. The van der Waals surface area contributed by atoms with Gasteiger partial charge in [0.2, 0.25) is 10.0 Å². The van der Waals surface area contributed by atoms with Gasteiger partial charge in [-0.3, -0.25) is 0 Å². The third-order valence-electron chi connectivity index (χ3n) is 1.93. The third-order valence-corrected chi connectivity index (χ3v) is 3.40. The Labute approximate surface area is 86.2 Å². The Hall–Kier alpha value is -0.170. The first-order chi connectivity index (χ1) is 6.52. The topological polar surface area (TPSA) is 69.6 Å². The van der Waals surface area contributed by atoms with Crippen molar-refractivity contribution >= 4 is 10.0 Å². The summed E-state index contributed by atoms with van der Waals surface area (Å²) < 4.78 is 24.9. The molecule has 0 rings (SSSR count). The van der Waals surface area contributed by atoms with Crippen molar-refractivity contribution in [1.29, 1.82) is 0 Å². The summed E-state index contributed by atoms with van der Waals surface area (Å²) >= 11 is 0. The van der Waals surface area contributed by atoms with Crippen molar-refractivity contribution in [2.24, 2.45) is 0 Å². The zero-order valence-corrected chi connectivity index (χ0v) is 9.68. The first kappa shape index (κ1) is 13.8. The lowest BCUT2D eigenvalue weighted by Crippen LogP contribution is -2.34. The lowest BCUT2D eigenvalue weighted by Gasteiger charge is -2.13. The molecule has 0 fully saturated rings. The van der Waals surface area contributed by atoms with Crippen LogP contribution in [0, 0.1) is 0 Å². The highest BCUT2D eigenvalue weighted by Crippen LogP contribution is 1.88. The number of aliphatic hydroxyl groups excluding tert-OH is 1. The van der Waals surface area contributed by atoms with E-state index in [1.807, 2.05) is 18.9 Å². The van der Waals surface area contributed by atoms with Crippen LogP contribution in [0.4, 0.5) is 0 Å². The van der Waals surface area contributed by atoms with Crippen molar-refractivity contribution in [3.05, 3.63) is 0 Å². The average molecular weight is 224 g/mol. The minimum absolute atomic E-state index is 0.000655. The van der Waals surface area contributed by atoms with E-state index >= 15 is 0 Å². The molecule has 0 radical (unpaired) electrons. The molecule has 0 aliphatic rings. The molecule has 5 nitrogen and oxygen atoms in total. The van der Waals surface area contributed by atoms with Crippen molar-refractivity contribution < 1.29 is 13.5 Å². The maximum absolute atomic E-state index is 11.2. The highest BCUT2D eigenvalue weighted by atomic mass is 32.2. The van der Waals surface area contributed by atoms with Crippen LogP contribution in [0.2, 0.25) is 0 Å². The van der Waals surface area contributed by atoms with Crippen molar-refractivity contribution in [2.75, 3.05) is 39.0 Å². The molecule has 0 aromatic carbocycles. The molecule has 86 valence electrons. The predicted octanol–water partition coefficient (Wildman–Crippen LogP) is -0.760. The summed E-state index contributed by atoms with van der Waals surface area (Å²) in [6.07, 6.45) is 0.291. The third kappa shape index (κ3) is 7.25. The SMILES string of the molecule is CCN(C)CCNS(=O)(=O)CCCO. The molecular formula is C8H20N2O3S. The van der Waals surface area contributed by atoms with E-state index in [4.69, 9.17) is 5.11 Å². The second-order valence-corrected chi connectivity index (χ2v) is 5.11. The van der Waals surface area contributed by atoms with Crippen LogP contribution in [-0.2, 0) is 10.0 Å². The minimum atomic E-state index is -3.18. The fourth-order valence-electron chi connectivity index (χ4n) is 0.877. The van der Waals surface area contributed by atoms with Gasteiger partial charge >= 0.3 is 0 Å². The Morgan fingerprint density at radius 3 is 2.57 bits per heavy atom. The van der Waals surface area contributed by atoms with Crippen LogP contribution in [-0.4, -0.2) is 57.5 Å². The highest BCUT2D eigenvalue weighted by molar-refractivity contribution is 7.89. The summed E-state index contributed by atoms with van der Waals surface area (Å²) in [6, 6.07) is 0. The molecule has 0 aromatic rings. The normalized spacial score (nSPS) is 12.3. The molecule has 0 atom stereocenters. The van der Waals surface area contributed by atoms with Crippen molar-refractivity contribution in [3.63, 3.8) is 0 Å². The van der Waals surface area contributed by atoms with Crippen LogP contribution in [0.15, 0.2) is 0 Å². The zero-order chi connectivity index (χ0) is 11.0. The first-order valence-corrected chi connectivity index (χ1v) is 6.43. The van der Waals surface area contributed by atoms with Crippen molar-refractivity contribution in [2.45, 2.75) is 13.3 Å². The monoisotopic (exact) mass is 224 g/mol. The van der Waals surface area contributed by atoms with Crippen LogP contribution < -0.4 is 4.72 Å². The van der Waals surface area contributed by atoms with E-state index in [1.165, 1.54) is 0 Å². The fourth-order valence-corrected chi connectivity index (χ4v) is 1.93. The molecule has 0 saturated carbocycles. The number of hydrogen-bond acceptors (Lipinski definition) is 4. The fraction of sp³-hybridized carbons (Fsp3) is 1.00. The molecule has 0 unspecified atom stereocenters. The second kappa shape index (κ2) is 7.17. The summed E-state index contributed by atoms with van der Waals surface area (Å²) in [5, 5.41) is 8.48. The van der Waals surface area contributed by atoms with Gasteiger partial charge in [-0.1, -0.05) is 6.92 Å². The van der Waals surface area contributed by atoms with E-state index in [2.05, 4.69) is 4.72 Å². The number of nitrogens with zero attached hydrogens (tertiary/aromatic N) is 1. The molecule has 0 aliphatic carbocycles. The quantitative estimate of drug-likeness (QED) is 0.568. The van der Waals surface area contributed by atoms with Gasteiger partial charge in [-0.15, -0.1) is 0 Å². The predicted molar refractivity (Wildman–Crippen MR) is 56.7 cm³/mol. The van der Waals surface area contributed by atoms with Crippen LogP contribution in [0.5, 0.6) is 0 Å². The Morgan fingerprint density at radius 2 is 2.07 bits per heavy atom. The highest BCUT2D eigenvalue weighted by Gasteiger charge is 2.08. The van der Waals surface area contributed by atoms with Crippen molar-refractivity contribution in [3.8, 4) is 0 Å². The van der Waals surface area contributed by atoms with Gasteiger partial charge in [-0.25, -0.2) is 13.1 Å². The summed E-state index contributed by atoms with van der Waals surface area (Å²) in [6.45, 7) is 3.96. The largest absolute Gasteiger partial charge is 0.396 e. The average Bonchev–Trinajstić information content (AvgIpc) is 2.14. The van der Waals surface area contributed by atoms with E-state index < -0.39 is 10.0 Å². The molecule has 2 N–H and O–H groups in total. The molecule has 0 saturated heterocycles. The number of nitrogens with one attached hydrogen (secondary N) is 1. The summed E-state index contributed by atoms with van der Waals surface area (Å²) in [4.78, 5) is 2.02. The van der Waals surface area contributed by atoms with Gasteiger partial charge in [-0.2, -0.15) is 0 Å². The summed E-state index contributed by atoms with van der Waals surface area (Å²) in [7, 11) is -1.25. The van der Waals surface area contributed by atoms with Crippen LogP contribution in [0.25, 0.3) is 0 Å². The molecule has 0 aliphatic heterocycles. The smallest absolute Gasteiger partial charge is 0.211 e. The Kier molecular flexibility index (Phi) is 7.08. The van der Waals surface area contributed by atoms with E-state index in [0.29, 0.717) is 19.5 Å². The molecule has 0 bridgehead atoms. The van der Waals surface area contributed by atoms with Gasteiger partial charge in [0.15, 0.2) is 0 Å². The molecule has 14 heavy (non-hydrogen) atoms. The van der Waals surface area contributed by atoms with Crippen molar-refractivity contribution in [1.82, 2.24) is 9.62 Å². The summed E-state index contributed by atoms with van der Waals surface area (Å²) in [5.74, 6) is -0.000655. The van der Waals surface area contributed by atoms with Crippen LogP contribution in [0.3, 0.4) is 0 Å². The van der Waals surface area contributed by atoms with Crippen LogP contribution in [0.1, 0.15) is 13.3 Å². The van der Waals surface area contributed by atoms with E-state index in [-0.39, 0.29) is 12.4 Å². The Bertz CT molecular complexity index is 229. The number of sulfonamides is 1. The van der Waals surface area contributed by atoms with E-state index in [1.54, 1.807) is 0 Å².